The lowest BCUT2D eigenvalue weighted by molar-refractivity contribution is -0.158. The Hall–Kier alpha value is -1.85. The molecule has 0 N–H and O–H groups in total. The lowest BCUT2D eigenvalue weighted by atomic mass is 9.88. The minimum atomic E-state index is -1.43. The summed E-state index contributed by atoms with van der Waals surface area (Å²) >= 11 is 0. The fourth-order valence-corrected chi connectivity index (χ4v) is 2.40. The summed E-state index contributed by atoms with van der Waals surface area (Å²) in [7, 11) is 0. The summed E-state index contributed by atoms with van der Waals surface area (Å²) in [4.78, 5) is 37.9. The number of rotatable bonds is 4. The van der Waals surface area contributed by atoms with Gasteiger partial charge in [-0.25, -0.2) is 14.5 Å². The predicted molar refractivity (Wildman–Crippen MR) is 81.0 cm³/mol. The first kappa shape index (κ1) is 18.2. The van der Waals surface area contributed by atoms with Crippen LogP contribution < -0.4 is 0 Å². The van der Waals surface area contributed by atoms with Crippen molar-refractivity contribution in [2.24, 2.45) is 5.92 Å². The molecule has 1 heterocycles. The van der Waals surface area contributed by atoms with Crippen LogP contribution in [0.3, 0.4) is 0 Å². The second-order valence-electron chi connectivity index (χ2n) is 6.73. The van der Waals surface area contributed by atoms with Crippen molar-refractivity contribution in [1.29, 1.82) is 0 Å². The van der Waals surface area contributed by atoms with E-state index in [2.05, 4.69) is 0 Å². The van der Waals surface area contributed by atoms with Crippen molar-refractivity contribution in [3.8, 4) is 0 Å². The predicted octanol–water partition coefficient (Wildman–Crippen LogP) is 2.67. The molecule has 1 rings (SSSR count). The zero-order valence-corrected chi connectivity index (χ0v) is 14.1. The van der Waals surface area contributed by atoms with Crippen LogP contribution in [-0.4, -0.2) is 40.6 Å². The standard InChI is InChI=1S/C16H25NO5/c1-7-21-13(19)16(10-11(2)3)9-8-12(18)17(16)14(20)22-15(4,5)6/h8-9,11H,7,10H2,1-6H3. The molecular formula is C16H25NO5. The third-order valence-corrected chi connectivity index (χ3v) is 3.05. The van der Waals surface area contributed by atoms with Crippen molar-refractivity contribution in [2.75, 3.05) is 6.61 Å². The zero-order valence-electron chi connectivity index (χ0n) is 14.1. The van der Waals surface area contributed by atoms with E-state index in [1.54, 1.807) is 27.7 Å². The van der Waals surface area contributed by atoms with Gasteiger partial charge in [0.2, 0.25) is 0 Å². The SMILES string of the molecule is CCOC(=O)C1(CC(C)C)C=CC(=O)N1C(=O)OC(C)(C)C. The van der Waals surface area contributed by atoms with Crippen molar-refractivity contribution in [1.82, 2.24) is 4.90 Å². The normalized spacial score (nSPS) is 21.4. The van der Waals surface area contributed by atoms with E-state index in [1.165, 1.54) is 12.2 Å². The van der Waals surface area contributed by atoms with E-state index in [4.69, 9.17) is 9.47 Å². The second kappa shape index (κ2) is 6.50. The maximum Gasteiger partial charge on any atom is 0.418 e. The lowest BCUT2D eigenvalue weighted by Crippen LogP contribution is -2.57. The molecule has 0 aromatic rings. The van der Waals surface area contributed by atoms with E-state index in [1.807, 2.05) is 13.8 Å². The van der Waals surface area contributed by atoms with Gasteiger partial charge in [0.05, 0.1) is 6.61 Å². The molecule has 6 nitrogen and oxygen atoms in total. The molecule has 0 aromatic heterocycles. The van der Waals surface area contributed by atoms with Crippen molar-refractivity contribution in [2.45, 2.75) is 59.1 Å². The Labute approximate surface area is 131 Å². The van der Waals surface area contributed by atoms with Crippen LogP contribution in [0.5, 0.6) is 0 Å². The van der Waals surface area contributed by atoms with Gasteiger partial charge in [0.15, 0.2) is 5.54 Å². The van der Waals surface area contributed by atoms with Crippen molar-refractivity contribution in [3.63, 3.8) is 0 Å². The first-order valence-electron chi connectivity index (χ1n) is 7.47. The summed E-state index contributed by atoms with van der Waals surface area (Å²) in [5.74, 6) is -1.11. The molecule has 1 atom stereocenters. The van der Waals surface area contributed by atoms with Crippen LogP contribution in [0.1, 0.15) is 48.0 Å². The van der Waals surface area contributed by atoms with E-state index in [9.17, 15) is 14.4 Å². The molecule has 0 fully saturated rings. The quantitative estimate of drug-likeness (QED) is 0.746. The molecule has 0 spiro atoms. The van der Waals surface area contributed by atoms with Gasteiger partial charge < -0.3 is 9.47 Å². The number of hydrogen-bond acceptors (Lipinski definition) is 5. The Morgan fingerprint density at radius 1 is 1.32 bits per heavy atom. The smallest absolute Gasteiger partial charge is 0.418 e. The summed E-state index contributed by atoms with van der Waals surface area (Å²) in [6.45, 7) is 10.8. The van der Waals surface area contributed by atoms with Crippen LogP contribution >= 0.6 is 0 Å². The minimum absolute atomic E-state index is 0.0740. The van der Waals surface area contributed by atoms with Gasteiger partial charge >= 0.3 is 12.1 Å². The molecule has 1 aliphatic heterocycles. The lowest BCUT2D eigenvalue weighted by Gasteiger charge is -2.36. The molecule has 0 aliphatic carbocycles. The number of ether oxygens (including phenoxy) is 2. The second-order valence-corrected chi connectivity index (χ2v) is 6.73. The van der Waals surface area contributed by atoms with Crippen LogP contribution in [0.2, 0.25) is 0 Å². The first-order valence-corrected chi connectivity index (χ1v) is 7.47. The molecule has 0 saturated carbocycles. The van der Waals surface area contributed by atoms with E-state index < -0.39 is 29.1 Å². The molecule has 1 unspecified atom stereocenters. The maximum atomic E-state index is 12.5. The monoisotopic (exact) mass is 311 g/mol. The molecule has 22 heavy (non-hydrogen) atoms. The maximum absolute atomic E-state index is 12.5. The molecule has 1 aliphatic rings. The molecular weight excluding hydrogens is 286 g/mol. The highest BCUT2D eigenvalue weighted by atomic mass is 16.6. The number of carbonyl (C=O) groups excluding carboxylic acids is 3. The van der Waals surface area contributed by atoms with Gasteiger partial charge in [0, 0.05) is 6.08 Å². The molecule has 2 amide bonds. The molecule has 0 bridgehead atoms. The van der Waals surface area contributed by atoms with Gasteiger partial charge in [0.25, 0.3) is 5.91 Å². The topological polar surface area (TPSA) is 72.9 Å². The zero-order chi connectivity index (χ0) is 17.1. The van der Waals surface area contributed by atoms with Gasteiger partial charge in [0.1, 0.15) is 5.60 Å². The first-order chi connectivity index (χ1) is 10.0. The fourth-order valence-electron chi connectivity index (χ4n) is 2.40. The van der Waals surface area contributed by atoms with Gasteiger partial charge in [-0.15, -0.1) is 0 Å². The summed E-state index contributed by atoms with van der Waals surface area (Å²) in [5.41, 5.74) is -2.19. The number of amides is 2. The summed E-state index contributed by atoms with van der Waals surface area (Å²) in [6.07, 6.45) is 2.12. The van der Waals surface area contributed by atoms with E-state index >= 15 is 0 Å². The molecule has 0 saturated heterocycles. The van der Waals surface area contributed by atoms with Gasteiger partial charge in [-0.05, 0) is 46.1 Å². The summed E-state index contributed by atoms with van der Waals surface area (Å²) in [6, 6.07) is 0. The number of carbonyl (C=O) groups is 3. The Bertz CT molecular complexity index is 489. The average Bonchev–Trinajstić information content (AvgIpc) is 2.65. The molecule has 124 valence electrons. The average molecular weight is 311 g/mol. The molecule has 0 aromatic carbocycles. The molecule has 6 heteroatoms. The number of nitrogens with zero attached hydrogens (tertiary/aromatic N) is 1. The van der Waals surface area contributed by atoms with Gasteiger partial charge in [-0.2, -0.15) is 0 Å². The fraction of sp³-hybridized carbons (Fsp3) is 0.688. The van der Waals surface area contributed by atoms with Gasteiger partial charge in [-0.1, -0.05) is 13.8 Å². The largest absolute Gasteiger partial charge is 0.464 e. The molecule has 0 radical (unpaired) electrons. The number of imide groups is 1. The van der Waals surface area contributed by atoms with Crippen LogP contribution in [-0.2, 0) is 19.1 Å². The van der Waals surface area contributed by atoms with E-state index in [-0.39, 0.29) is 18.9 Å². The third-order valence-electron chi connectivity index (χ3n) is 3.05. The van der Waals surface area contributed by atoms with Crippen LogP contribution in [0, 0.1) is 5.92 Å². The summed E-state index contributed by atoms with van der Waals surface area (Å²) < 4.78 is 10.4. The van der Waals surface area contributed by atoms with E-state index in [0.717, 1.165) is 4.90 Å². The third kappa shape index (κ3) is 3.87. The Morgan fingerprint density at radius 2 is 1.91 bits per heavy atom. The number of esters is 1. The Balaban J connectivity index is 3.21. The highest BCUT2D eigenvalue weighted by molar-refractivity contribution is 6.08. The van der Waals surface area contributed by atoms with Crippen LogP contribution in [0.4, 0.5) is 4.79 Å². The van der Waals surface area contributed by atoms with E-state index in [0.29, 0.717) is 0 Å². The van der Waals surface area contributed by atoms with Crippen molar-refractivity contribution < 1.29 is 23.9 Å². The van der Waals surface area contributed by atoms with Gasteiger partial charge in [-0.3, -0.25) is 4.79 Å². The van der Waals surface area contributed by atoms with Crippen molar-refractivity contribution >= 4 is 18.0 Å². The van der Waals surface area contributed by atoms with Crippen LogP contribution in [0.15, 0.2) is 12.2 Å². The van der Waals surface area contributed by atoms with Crippen molar-refractivity contribution in [3.05, 3.63) is 12.2 Å². The number of hydrogen-bond donors (Lipinski definition) is 0. The Kier molecular flexibility index (Phi) is 5.38. The van der Waals surface area contributed by atoms with Crippen LogP contribution in [0.25, 0.3) is 0 Å². The highest BCUT2D eigenvalue weighted by Crippen LogP contribution is 2.34. The summed E-state index contributed by atoms with van der Waals surface area (Å²) in [5, 5.41) is 0. The highest BCUT2D eigenvalue weighted by Gasteiger charge is 2.53. The Morgan fingerprint density at radius 3 is 2.36 bits per heavy atom. The minimum Gasteiger partial charge on any atom is -0.464 e.